The van der Waals surface area contributed by atoms with Crippen molar-refractivity contribution in [3.63, 3.8) is 0 Å². The number of likely N-dealkylation sites (N-methyl/N-ethyl adjacent to an activating group) is 1. The van der Waals surface area contributed by atoms with Crippen LogP contribution in [0.4, 0.5) is 0 Å². The molecule has 1 N–H and O–H groups in total. The highest BCUT2D eigenvalue weighted by molar-refractivity contribution is 7.99. The number of ether oxygens (including phenoxy) is 1. The number of hydrogen-bond donors (Lipinski definition) is 1. The predicted molar refractivity (Wildman–Crippen MR) is 74.1 cm³/mol. The van der Waals surface area contributed by atoms with Crippen molar-refractivity contribution in [2.75, 3.05) is 26.0 Å². The Kier molecular flexibility index (Phi) is 5.08. The SMILES string of the molecule is CNCC(=O)OCCc1ccc2c(c1)CCCS2. The molecule has 0 amide bonds. The lowest BCUT2D eigenvalue weighted by atomic mass is 10.0. The number of esters is 1. The van der Waals surface area contributed by atoms with Crippen LogP contribution in [-0.4, -0.2) is 31.9 Å². The van der Waals surface area contributed by atoms with Gasteiger partial charge in [-0.25, -0.2) is 0 Å². The Hall–Kier alpha value is -1.00. The summed E-state index contributed by atoms with van der Waals surface area (Å²) in [7, 11) is 1.74. The highest BCUT2D eigenvalue weighted by Gasteiger charge is 2.10. The lowest BCUT2D eigenvalue weighted by molar-refractivity contribution is -0.142. The lowest BCUT2D eigenvalue weighted by Crippen LogP contribution is -2.21. The van der Waals surface area contributed by atoms with E-state index in [0.717, 1.165) is 6.42 Å². The number of aryl methyl sites for hydroxylation is 1. The van der Waals surface area contributed by atoms with Crippen molar-refractivity contribution in [3.05, 3.63) is 29.3 Å². The van der Waals surface area contributed by atoms with E-state index in [1.807, 2.05) is 11.8 Å². The second-order valence-corrected chi connectivity index (χ2v) is 5.53. The Morgan fingerprint density at radius 1 is 1.50 bits per heavy atom. The molecule has 0 spiro atoms. The maximum Gasteiger partial charge on any atom is 0.319 e. The molecule has 0 radical (unpaired) electrons. The molecular formula is C14H19NO2S. The van der Waals surface area contributed by atoms with E-state index in [1.54, 1.807) is 7.05 Å². The highest BCUT2D eigenvalue weighted by atomic mass is 32.2. The summed E-state index contributed by atoms with van der Waals surface area (Å²) >= 11 is 1.94. The third-order valence-corrected chi connectivity index (χ3v) is 4.15. The molecule has 1 heterocycles. The molecule has 1 aromatic rings. The molecule has 0 unspecified atom stereocenters. The van der Waals surface area contributed by atoms with Crippen molar-refractivity contribution in [1.82, 2.24) is 5.32 Å². The van der Waals surface area contributed by atoms with Crippen LogP contribution in [0, 0.1) is 0 Å². The summed E-state index contributed by atoms with van der Waals surface area (Å²) in [5.74, 6) is 1.04. The van der Waals surface area contributed by atoms with E-state index in [0.29, 0.717) is 6.61 Å². The molecule has 0 aromatic heterocycles. The monoisotopic (exact) mass is 265 g/mol. The second-order valence-electron chi connectivity index (χ2n) is 4.39. The zero-order chi connectivity index (χ0) is 12.8. The Morgan fingerprint density at radius 2 is 2.39 bits per heavy atom. The Balaban J connectivity index is 1.84. The first-order valence-corrected chi connectivity index (χ1v) is 7.33. The van der Waals surface area contributed by atoms with Gasteiger partial charge in [-0.2, -0.15) is 0 Å². The minimum Gasteiger partial charge on any atom is -0.464 e. The molecule has 0 bridgehead atoms. The van der Waals surface area contributed by atoms with Crippen LogP contribution in [-0.2, 0) is 22.4 Å². The third-order valence-electron chi connectivity index (χ3n) is 2.95. The number of nitrogens with one attached hydrogen (secondary N) is 1. The van der Waals surface area contributed by atoms with Crippen molar-refractivity contribution in [2.45, 2.75) is 24.2 Å². The van der Waals surface area contributed by atoms with Crippen molar-refractivity contribution in [2.24, 2.45) is 0 Å². The van der Waals surface area contributed by atoms with Gasteiger partial charge in [-0.05, 0) is 42.8 Å². The van der Waals surface area contributed by atoms with Gasteiger partial charge in [0.2, 0.25) is 0 Å². The van der Waals surface area contributed by atoms with Crippen LogP contribution < -0.4 is 5.32 Å². The number of carbonyl (C=O) groups is 1. The smallest absolute Gasteiger partial charge is 0.319 e. The zero-order valence-corrected chi connectivity index (χ0v) is 11.5. The molecule has 2 rings (SSSR count). The number of carbonyl (C=O) groups excluding carboxylic acids is 1. The van der Waals surface area contributed by atoms with Gasteiger partial charge in [-0.15, -0.1) is 11.8 Å². The van der Waals surface area contributed by atoms with Crippen LogP contribution in [0.2, 0.25) is 0 Å². The topological polar surface area (TPSA) is 38.3 Å². The van der Waals surface area contributed by atoms with Crippen molar-refractivity contribution < 1.29 is 9.53 Å². The molecule has 0 aliphatic carbocycles. The molecule has 18 heavy (non-hydrogen) atoms. The summed E-state index contributed by atoms with van der Waals surface area (Å²) in [5, 5.41) is 2.78. The standard InChI is InChI=1S/C14H19NO2S/c1-15-10-14(16)17-7-6-11-4-5-13-12(9-11)3-2-8-18-13/h4-5,9,15H,2-3,6-8,10H2,1H3. The van der Waals surface area contributed by atoms with Crippen LogP contribution in [0.5, 0.6) is 0 Å². The molecule has 98 valence electrons. The van der Waals surface area contributed by atoms with Gasteiger partial charge in [0.15, 0.2) is 0 Å². The van der Waals surface area contributed by atoms with Crippen LogP contribution >= 0.6 is 11.8 Å². The Morgan fingerprint density at radius 3 is 3.22 bits per heavy atom. The first-order valence-electron chi connectivity index (χ1n) is 6.34. The molecule has 0 fully saturated rings. The van der Waals surface area contributed by atoms with Crippen molar-refractivity contribution in [3.8, 4) is 0 Å². The lowest BCUT2D eigenvalue weighted by Gasteiger charge is -2.16. The van der Waals surface area contributed by atoms with E-state index in [2.05, 4.69) is 23.5 Å². The van der Waals surface area contributed by atoms with E-state index in [1.165, 1.54) is 34.6 Å². The number of benzene rings is 1. The van der Waals surface area contributed by atoms with Gasteiger partial charge >= 0.3 is 5.97 Å². The van der Waals surface area contributed by atoms with Gasteiger partial charge in [0, 0.05) is 11.3 Å². The van der Waals surface area contributed by atoms with Gasteiger partial charge < -0.3 is 10.1 Å². The molecule has 1 aliphatic heterocycles. The fraction of sp³-hybridized carbons (Fsp3) is 0.500. The van der Waals surface area contributed by atoms with Crippen LogP contribution in [0.3, 0.4) is 0 Å². The Labute approximate surface area is 112 Å². The molecule has 0 saturated heterocycles. The Bertz CT molecular complexity index is 420. The normalized spacial score (nSPS) is 14.1. The van der Waals surface area contributed by atoms with E-state index in [4.69, 9.17) is 4.74 Å². The molecule has 0 saturated carbocycles. The summed E-state index contributed by atoms with van der Waals surface area (Å²) in [4.78, 5) is 12.6. The molecule has 3 nitrogen and oxygen atoms in total. The quantitative estimate of drug-likeness (QED) is 0.827. The maximum absolute atomic E-state index is 11.2. The number of fused-ring (bicyclic) bond motifs is 1. The van der Waals surface area contributed by atoms with E-state index in [-0.39, 0.29) is 12.5 Å². The second kappa shape index (κ2) is 6.81. The van der Waals surface area contributed by atoms with Gasteiger partial charge in [-0.3, -0.25) is 4.79 Å². The molecular weight excluding hydrogens is 246 g/mol. The predicted octanol–water partition coefficient (Wildman–Crippen LogP) is 2.03. The average Bonchev–Trinajstić information content (AvgIpc) is 2.39. The first kappa shape index (κ1) is 13.4. The number of thioether (sulfide) groups is 1. The van der Waals surface area contributed by atoms with Gasteiger partial charge in [-0.1, -0.05) is 12.1 Å². The third kappa shape index (κ3) is 3.75. The van der Waals surface area contributed by atoms with E-state index in [9.17, 15) is 4.79 Å². The zero-order valence-electron chi connectivity index (χ0n) is 10.7. The average molecular weight is 265 g/mol. The highest BCUT2D eigenvalue weighted by Crippen LogP contribution is 2.30. The minimum absolute atomic E-state index is 0.189. The van der Waals surface area contributed by atoms with Crippen LogP contribution in [0.25, 0.3) is 0 Å². The fourth-order valence-electron chi connectivity index (χ4n) is 2.05. The van der Waals surface area contributed by atoms with Gasteiger partial charge in [0.05, 0.1) is 13.2 Å². The van der Waals surface area contributed by atoms with Crippen molar-refractivity contribution in [1.29, 1.82) is 0 Å². The summed E-state index contributed by atoms with van der Waals surface area (Å²) in [5.41, 5.74) is 2.71. The molecule has 1 aliphatic rings. The molecule has 1 aromatic carbocycles. The van der Waals surface area contributed by atoms with Crippen LogP contribution in [0.15, 0.2) is 23.1 Å². The van der Waals surface area contributed by atoms with E-state index < -0.39 is 0 Å². The number of rotatable bonds is 5. The fourth-order valence-corrected chi connectivity index (χ4v) is 3.07. The van der Waals surface area contributed by atoms with Crippen LogP contribution in [0.1, 0.15) is 17.5 Å². The maximum atomic E-state index is 11.2. The van der Waals surface area contributed by atoms with Gasteiger partial charge in [0.25, 0.3) is 0 Å². The van der Waals surface area contributed by atoms with E-state index >= 15 is 0 Å². The largest absolute Gasteiger partial charge is 0.464 e. The first-order chi connectivity index (χ1) is 8.79. The minimum atomic E-state index is -0.189. The van der Waals surface area contributed by atoms with Gasteiger partial charge in [0.1, 0.15) is 0 Å². The van der Waals surface area contributed by atoms with Crippen molar-refractivity contribution >= 4 is 17.7 Å². The molecule has 0 atom stereocenters. The number of hydrogen-bond acceptors (Lipinski definition) is 4. The summed E-state index contributed by atoms with van der Waals surface area (Å²) in [6.07, 6.45) is 3.24. The summed E-state index contributed by atoms with van der Waals surface area (Å²) in [6, 6.07) is 6.60. The summed E-state index contributed by atoms with van der Waals surface area (Å²) < 4.78 is 5.12. The molecule has 4 heteroatoms. The summed E-state index contributed by atoms with van der Waals surface area (Å²) in [6.45, 7) is 0.743.